The molecule has 1 aliphatic heterocycles. The van der Waals surface area contributed by atoms with Crippen LogP contribution in [0.5, 0.6) is 17.2 Å². The predicted octanol–water partition coefficient (Wildman–Crippen LogP) is 6.34. The van der Waals surface area contributed by atoms with Gasteiger partial charge in [-0.3, -0.25) is 0 Å². The van der Waals surface area contributed by atoms with E-state index in [1.807, 2.05) is 30.3 Å². The van der Waals surface area contributed by atoms with Gasteiger partial charge in [-0.05, 0) is 104 Å². The Kier molecular flexibility index (Phi) is 6.90. The molecule has 0 aliphatic carbocycles. The van der Waals surface area contributed by atoms with Crippen LogP contribution in [0.15, 0.2) is 66.7 Å². The molecule has 2 heterocycles. The molecular formula is C30H34N2O4. The lowest BCUT2D eigenvalue weighted by atomic mass is 10.1. The summed E-state index contributed by atoms with van der Waals surface area (Å²) in [4.78, 5) is 0. The van der Waals surface area contributed by atoms with Gasteiger partial charge in [-0.1, -0.05) is 12.1 Å². The van der Waals surface area contributed by atoms with E-state index in [-0.39, 0.29) is 16.1 Å². The molecule has 0 radical (unpaired) electrons. The van der Waals surface area contributed by atoms with Gasteiger partial charge in [0, 0.05) is 17.4 Å². The van der Waals surface area contributed by atoms with E-state index in [9.17, 15) is 15.4 Å². The highest BCUT2D eigenvalue weighted by atomic mass is 16.6. The van der Waals surface area contributed by atoms with E-state index in [0.29, 0.717) is 32.8 Å². The zero-order valence-electron chi connectivity index (χ0n) is 20.8. The third kappa shape index (κ3) is 5.20. The Labute approximate surface area is 212 Å². The minimum absolute atomic E-state index is 0.131. The molecule has 0 atom stereocenters. The minimum Gasteiger partial charge on any atom is -0.633 e. The van der Waals surface area contributed by atoms with Gasteiger partial charge < -0.3 is 29.4 Å². The number of aromatic nitrogens is 1. The average molecular weight is 487 g/mol. The molecule has 36 heavy (non-hydrogen) atoms. The molecule has 6 nitrogen and oxygen atoms in total. The van der Waals surface area contributed by atoms with Crippen molar-refractivity contribution in [3.63, 3.8) is 0 Å². The summed E-state index contributed by atoms with van der Waals surface area (Å²) in [5.74, 6) is 1.24. The van der Waals surface area contributed by atoms with E-state index >= 15 is 0 Å². The van der Waals surface area contributed by atoms with Crippen molar-refractivity contribution >= 4 is 10.9 Å². The smallest absolute Gasteiger partial charge is 0.137 e. The number of rotatable bonds is 7. The third-order valence-corrected chi connectivity index (χ3v) is 7.35. The zero-order chi connectivity index (χ0) is 25.1. The first-order valence-electron chi connectivity index (χ1n) is 12.8. The summed E-state index contributed by atoms with van der Waals surface area (Å²) in [5, 5.41) is 33.8. The zero-order valence-corrected chi connectivity index (χ0v) is 20.8. The SMILES string of the molecule is Cc1c(-c2ccc(O)cc2)n(Cc2ccc(OCC[N+]3([O-])CCCCCC3)cc2)c2ccc(O)cc12. The van der Waals surface area contributed by atoms with Gasteiger partial charge in [-0.2, -0.15) is 0 Å². The number of likely N-dealkylation sites (tertiary alicyclic amines) is 1. The quantitative estimate of drug-likeness (QED) is 0.236. The number of phenols is 2. The summed E-state index contributed by atoms with van der Waals surface area (Å²) in [5.41, 5.74) is 5.29. The van der Waals surface area contributed by atoms with Gasteiger partial charge >= 0.3 is 0 Å². The number of hydrogen-bond donors (Lipinski definition) is 2. The van der Waals surface area contributed by atoms with Gasteiger partial charge in [0.05, 0.1) is 18.8 Å². The van der Waals surface area contributed by atoms with Crippen molar-refractivity contribution in [3.8, 4) is 28.5 Å². The Morgan fingerprint density at radius 2 is 1.53 bits per heavy atom. The number of quaternary nitrogens is 1. The Morgan fingerprint density at radius 3 is 2.22 bits per heavy atom. The fourth-order valence-corrected chi connectivity index (χ4v) is 5.36. The van der Waals surface area contributed by atoms with E-state index in [4.69, 9.17) is 4.74 Å². The van der Waals surface area contributed by atoms with Crippen molar-refractivity contribution in [1.82, 2.24) is 4.57 Å². The van der Waals surface area contributed by atoms with Crippen molar-refractivity contribution in [2.45, 2.75) is 39.2 Å². The Morgan fingerprint density at radius 1 is 0.861 bits per heavy atom. The molecule has 0 bridgehead atoms. The Balaban J connectivity index is 1.35. The van der Waals surface area contributed by atoms with Crippen LogP contribution in [0.25, 0.3) is 22.2 Å². The largest absolute Gasteiger partial charge is 0.633 e. The highest BCUT2D eigenvalue weighted by molar-refractivity contribution is 5.92. The first kappa shape index (κ1) is 24.2. The van der Waals surface area contributed by atoms with Gasteiger partial charge in [0.15, 0.2) is 0 Å². The molecule has 5 rings (SSSR count). The minimum atomic E-state index is -0.131. The van der Waals surface area contributed by atoms with Gasteiger partial charge in [0.25, 0.3) is 0 Å². The topological polar surface area (TPSA) is 77.7 Å². The standard InChI is InChI=1S/C30H34N2O4/c1-22-28-20-26(34)12-15-29(28)31(30(22)24-8-10-25(33)11-9-24)21-23-6-13-27(14-7-23)36-19-18-32(35)16-4-2-3-5-17-32/h6-15,20,33-34H,2-5,16-19,21H2,1H3. The summed E-state index contributed by atoms with van der Waals surface area (Å²) < 4.78 is 8.05. The predicted molar refractivity (Wildman–Crippen MR) is 143 cm³/mol. The van der Waals surface area contributed by atoms with Gasteiger partial charge in [-0.25, -0.2) is 0 Å². The number of hydrogen-bond acceptors (Lipinski definition) is 4. The first-order chi connectivity index (χ1) is 17.4. The lowest BCUT2D eigenvalue weighted by molar-refractivity contribution is -0.879. The van der Waals surface area contributed by atoms with Crippen molar-refractivity contribution in [2.24, 2.45) is 0 Å². The van der Waals surface area contributed by atoms with Crippen LogP contribution in [0.1, 0.15) is 36.8 Å². The number of aromatic hydroxyl groups is 2. The summed E-state index contributed by atoms with van der Waals surface area (Å²) in [6.07, 6.45) is 4.35. The van der Waals surface area contributed by atoms with Crippen LogP contribution < -0.4 is 4.74 Å². The highest BCUT2D eigenvalue weighted by Crippen LogP contribution is 2.36. The number of ether oxygens (including phenoxy) is 1. The molecule has 1 aromatic heterocycles. The number of phenolic OH excluding ortho intramolecular Hbond substituents is 2. The van der Waals surface area contributed by atoms with Crippen LogP contribution in [0.2, 0.25) is 0 Å². The second kappa shape index (κ2) is 10.2. The van der Waals surface area contributed by atoms with Crippen molar-refractivity contribution in [1.29, 1.82) is 0 Å². The molecule has 3 aromatic carbocycles. The maximum Gasteiger partial charge on any atom is 0.137 e. The van der Waals surface area contributed by atoms with Crippen LogP contribution >= 0.6 is 0 Å². The highest BCUT2D eigenvalue weighted by Gasteiger charge is 2.19. The molecule has 4 aromatic rings. The maximum atomic E-state index is 12.9. The first-order valence-corrected chi connectivity index (χ1v) is 12.8. The molecule has 0 saturated carbocycles. The molecule has 0 amide bonds. The molecule has 1 aliphatic rings. The van der Waals surface area contributed by atoms with Crippen LogP contribution in [0, 0.1) is 12.1 Å². The van der Waals surface area contributed by atoms with E-state index in [1.54, 1.807) is 24.3 Å². The number of benzene rings is 3. The third-order valence-electron chi connectivity index (χ3n) is 7.35. The van der Waals surface area contributed by atoms with Crippen LogP contribution in [-0.2, 0) is 6.54 Å². The van der Waals surface area contributed by atoms with Gasteiger partial charge in [-0.15, -0.1) is 0 Å². The van der Waals surface area contributed by atoms with E-state index in [2.05, 4.69) is 23.6 Å². The normalized spacial score (nSPS) is 15.6. The van der Waals surface area contributed by atoms with E-state index in [0.717, 1.165) is 64.7 Å². The molecule has 188 valence electrons. The van der Waals surface area contributed by atoms with Crippen molar-refractivity contribution in [3.05, 3.63) is 83.1 Å². The van der Waals surface area contributed by atoms with Crippen LogP contribution in [-0.4, -0.2) is 45.7 Å². The fraction of sp³-hybridized carbons (Fsp3) is 0.333. The van der Waals surface area contributed by atoms with E-state index in [1.165, 1.54) is 0 Å². The molecule has 1 saturated heterocycles. The monoisotopic (exact) mass is 486 g/mol. The van der Waals surface area contributed by atoms with Crippen molar-refractivity contribution in [2.75, 3.05) is 26.2 Å². The summed E-state index contributed by atoms with van der Waals surface area (Å²) in [6, 6.07) is 20.7. The molecule has 2 N–H and O–H groups in total. The molecule has 6 heteroatoms. The summed E-state index contributed by atoms with van der Waals surface area (Å²) in [7, 11) is 0. The molecule has 1 fully saturated rings. The Bertz CT molecular complexity index is 1320. The summed E-state index contributed by atoms with van der Waals surface area (Å²) in [6.45, 7) is 5.04. The number of hydroxylamine groups is 3. The maximum absolute atomic E-state index is 12.9. The lowest BCUT2D eigenvalue weighted by Crippen LogP contribution is -2.45. The second-order valence-corrected chi connectivity index (χ2v) is 9.94. The van der Waals surface area contributed by atoms with Crippen LogP contribution in [0.4, 0.5) is 0 Å². The van der Waals surface area contributed by atoms with Crippen molar-refractivity contribution < 1.29 is 19.6 Å². The van der Waals surface area contributed by atoms with Gasteiger partial charge in [0.1, 0.15) is 30.4 Å². The van der Waals surface area contributed by atoms with E-state index < -0.39 is 0 Å². The average Bonchev–Trinajstić information content (AvgIpc) is 2.99. The van der Waals surface area contributed by atoms with Gasteiger partial charge in [0.2, 0.25) is 0 Å². The molecule has 0 unspecified atom stereocenters. The summed E-state index contributed by atoms with van der Waals surface area (Å²) >= 11 is 0. The lowest BCUT2D eigenvalue weighted by Gasteiger charge is -2.41. The second-order valence-electron chi connectivity index (χ2n) is 9.94. The Hall–Kier alpha value is -3.48. The van der Waals surface area contributed by atoms with Crippen LogP contribution in [0.3, 0.4) is 0 Å². The number of fused-ring (bicyclic) bond motifs is 1. The molecular weight excluding hydrogens is 452 g/mol. The number of aryl methyl sites for hydroxylation is 1. The fourth-order valence-electron chi connectivity index (χ4n) is 5.36. The molecule has 0 spiro atoms. The number of nitrogens with zero attached hydrogens (tertiary/aromatic N) is 2.